The van der Waals surface area contributed by atoms with Gasteiger partial charge < -0.3 is 9.47 Å². The Bertz CT molecular complexity index is 860. The summed E-state index contributed by atoms with van der Waals surface area (Å²) in [5.41, 5.74) is 2.76. The molecular formula is C16H12ClN3O2. The highest BCUT2D eigenvalue weighted by molar-refractivity contribution is 6.31. The lowest BCUT2D eigenvalue weighted by atomic mass is 10.1. The zero-order valence-corrected chi connectivity index (χ0v) is 12.5. The van der Waals surface area contributed by atoms with Crippen LogP contribution in [0, 0.1) is 6.92 Å². The van der Waals surface area contributed by atoms with E-state index in [0.29, 0.717) is 5.02 Å². The van der Waals surface area contributed by atoms with Crippen molar-refractivity contribution in [1.82, 2.24) is 14.8 Å². The second-order valence-corrected chi connectivity index (χ2v) is 5.35. The molecule has 0 radical (unpaired) electrons. The van der Waals surface area contributed by atoms with Crippen molar-refractivity contribution in [2.75, 3.05) is 6.79 Å². The average molecular weight is 314 g/mol. The highest BCUT2D eigenvalue weighted by atomic mass is 35.5. The van der Waals surface area contributed by atoms with E-state index < -0.39 is 0 Å². The molecule has 0 bridgehead atoms. The number of rotatable bonds is 2. The highest BCUT2D eigenvalue weighted by Crippen LogP contribution is 2.36. The van der Waals surface area contributed by atoms with E-state index in [4.69, 9.17) is 21.1 Å². The molecule has 0 N–H and O–H groups in total. The molecular weight excluding hydrogens is 302 g/mol. The zero-order valence-electron chi connectivity index (χ0n) is 11.8. The summed E-state index contributed by atoms with van der Waals surface area (Å²) in [6.07, 6.45) is 1.53. The van der Waals surface area contributed by atoms with E-state index in [0.717, 1.165) is 34.1 Å². The van der Waals surface area contributed by atoms with E-state index in [2.05, 4.69) is 10.1 Å². The Balaban J connectivity index is 1.85. The summed E-state index contributed by atoms with van der Waals surface area (Å²) in [4.78, 5) is 4.37. The summed E-state index contributed by atoms with van der Waals surface area (Å²) in [5.74, 6) is 2.19. The van der Waals surface area contributed by atoms with E-state index in [1.54, 1.807) is 4.68 Å². The second kappa shape index (κ2) is 5.03. The third-order valence-electron chi connectivity index (χ3n) is 3.65. The van der Waals surface area contributed by atoms with Crippen molar-refractivity contribution in [1.29, 1.82) is 0 Å². The molecule has 0 atom stereocenters. The van der Waals surface area contributed by atoms with E-state index in [-0.39, 0.29) is 6.79 Å². The van der Waals surface area contributed by atoms with Crippen molar-refractivity contribution in [3.8, 4) is 28.6 Å². The standard InChI is InChI=1S/C16H12ClN3O2/c1-10-12(17)3-2-4-13(10)20-16(18-8-19-20)11-5-6-14-15(7-11)22-9-21-14/h2-8H,9H2,1H3. The minimum absolute atomic E-state index is 0.249. The van der Waals surface area contributed by atoms with Crippen LogP contribution >= 0.6 is 11.6 Å². The van der Waals surface area contributed by atoms with Crippen LogP contribution in [0.4, 0.5) is 0 Å². The van der Waals surface area contributed by atoms with Crippen molar-refractivity contribution in [3.05, 3.63) is 53.3 Å². The van der Waals surface area contributed by atoms with Crippen LogP contribution in [0.5, 0.6) is 11.5 Å². The molecule has 1 aromatic heterocycles. The summed E-state index contributed by atoms with van der Waals surface area (Å²) in [5, 5.41) is 5.03. The average Bonchev–Trinajstić information content (AvgIpc) is 3.17. The van der Waals surface area contributed by atoms with Gasteiger partial charge in [0, 0.05) is 10.6 Å². The van der Waals surface area contributed by atoms with Crippen LogP contribution in [0.25, 0.3) is 17.1 Å². The van der Waals surface area contributed by atoms with Crippen LogP contribution in [0.2, 0.25) is 5.02 Å². The maximum atomic E-state index is 6.21. The molecule has 0 spiro atoms. The summed E-state index contributed by atoms with van der Waals surface area (Å²) in [6, 6.07) is 11.4. The van der Waals surface area contributed by atoms with Gasteiger partial charge in [0.05, 0.1) is 5.69 Å². The second-order valence-electron chi connectivity index (χ2n) is 4.95. The van der Waals surface area contributed by atoms with Gasteiger partial charge in [-0.05, 0) is 42.8 Å². The number of aromatic nitrogens is 3. The number of nitrogens with zero attached hydrogens (tertiary/aromatic N) is 3. The van der Waals surface area contributed by atoms with Gasteiger partial charge >= 0.3 is 0 Å². The van der Waals surface area contributed by atoms with Crippen molar-refractivity contribution in [2.45, 2.75) is 6.92 Å². The SMILES string of the molecule is Cc1c(Cl)cccc1-n1ncnc1-c1ccc2c(c1)OCO2. The molecule has 0 saturated carbocycles. The highest BCUT2D eigenvalue weighted by Gasteiger charge is 2.17. The number of hydrogen-bond donors (Lipinski definition) is 0. The van der Waals surface area contributed by atoms with Gasteiger partial charge in [-0.2, -0.15) is 5.10 Å². The van der Waals surface area contributed by atoms with Crippen LogP contribution in [-0.4, -0.2) is 21.6 Å². The summed E-state index contributed by atoms with van der Waals surface area (Å²) < 4.78 is 12.5. The van der Waals surface area contributed by atoms with Crippen molar-refractivity contribution in [2.24, 2.45) is 0 Å². The Morgan fingerprint density at radius 1 is 1.14 bits per heavy atom. The first kappa shape index (κ1) is 13.2. The molecule has 1 aliphatic heterocycles. The van der Waals surface area contributed by atoms with Gasteiger partial charge in [0.25, 0.3) is 0 Å². The van der Waals surface area contributed by atoms with E-state index in [9.17, 15) is 0 Å². The maximum absolute atomic E-state index is 6.21. The largest absolute Gasteiger partial charge is 0.454 e. The molecule has 110 valence electrons. The third kappa shape index (κ3) is 2.02. The van der Waals surface area contributed by atoms with Crippen molar-refractivity contribution < 1.29 is 9.47 Å². The normalized spacial score (nSPS) is 12.6. The molecule has 0 aliphatic carbocycles. The van der Waals surface area contributed by atoms with Crippen LogP contribution in [0.1, 0.15) is 5.56 Å². The molecule has 1 aliphatic rings. The smallest absolute Gasteiger partial charge is 0.231 e. The maximum Gasteiger partial charge on any atom is 0.231 e. The fourth-order valence-corrected chi connectivity index (χ4v) is 2.65. The van der Waals surface area contributed by atoms with Gasteiger partial charge in [-0.3, -0.25) is 0 Å². The fourth-order valence-electron chi connectivity index (χ4n) is 2.48. The molecule has 2 heterocycles. The predicted molar refractivity (Wildman–Crippen MR) is 82.7 cm³/mol. The summed E-state index contributed by atoms with van der Waals surface area (Å²) in [7, 11) is 0. The zero-order chi connectivity index (χ0) is 15.1. The summed E-state index contributed by atoms with van der Waals surface area (Å²) in [6.45, 7) is 2.21. The van der Waals surface area contributed by atoms with Crippen molar-refractivity contribution in [3.63, 3.8) is 0 Å². The minimum atomic E-state index is 0.249. The van der Waals surface area contributed by atoms with Gasteiger partial charge in [0.1, 0.15) is 6.33 Å². The van der Waals surface area contributed by atoms with Gasteiger partial charge in [0.15, 0.2) is 17.3 Å². The molecule has 6 heteroatoms. The first-order valence-electron chi connectivity index (χ1n) is 6.79. The molecule has 0 unspecified atom stereocenters. The predicted octanol–water partition coefficient (Wildman–Crippen LogP) is 3.62. The molecule has 0 fully saturated rings. The Kier molecular flexibility index (Phi) is 3.01. The molecule has 4 rings (SSSR count). The third-order valence-corrected chi connectivity index (χ3v) is 4.06. The molecule has 0 amide bonds. The Labute approximate surface area is 132 Å². The van der Waals surface area contributed by atoms with Crippen molar-refractivity contribution >= 4 is 11.6 Å². The van der Waals surface area contributed by atoms with E-state index >= 15 is 0 Å². The number of benzene rings is 2. The number of halogens is 1. The Morgan fingerprint density at radius 3 is 2.91 bits per heavy atom. The number of ether oxygens (including phenoxy) is 2. The number of hydrogen-bond acceptors (Lipinski definition) is 4. The van der Waals surface area contributed by atoms with Gasteiger partial charge in [-0.25, -0.2) is 9.67 Å². The monoisotopic (exact) mass is 313 g/mol. The number of fused-ring (bicyclic) bond motifs is 1. The molecule has 3 aromatic rings. The van der Waals surface area contributed by atoms with Crippen LogP contribution in [0.15, 0.2) is 42.7 Å². The van der Waals surface area contributed by atoms with Crippen LogP contribution < -0.4 is 9.47 Å². The van der Waals surface area contributed by atoms with Gasteiger partial charge in [-0.1, -0.05) is 17.7 Å². The molecule has 0 saturated heterocycles. The lowest BCUT2D eigenvalue weighted by Crippen LogP contribution is -2.02. The lowest BCUT2D eigenvalue weighted by molar-refractivity contribution is 0.174. The topological polar surface area (TPSA) is 49.2 Å². The molecule has 5 nitrogen and oxygen atoms in total. The molecule has 2 aromatic carbocycles. The minimum Gasteiger partial charge on any atom is -0.454 e. The van der Waals surface area contributed by atoms with Gasteiger partial charge in [0.2, 0.25) is 6.79 Å². The Morgan fingerprint density at radius 2 is 2.00 bits per heavy atom. The Hall–Kier alpha value is -2.53. The summed E-state index contributed by atoms with van der Waals surface area (Å²) >= 11 is 6.21. The van der Waals surface area contributed by atoms with Gasteiger partial charge in [-0.15, -0.1) is 0 Å². The first-order chi connectivity index (χ1) is 10.7. The van der Waals surface area contributed by atoms with Crippen LogP contribution in [0.3, 0.4) is 0 Å². The van der Waals surface area contributed by atoms with Crippen LogP contribution in [-0.2, 0) is 0 Å². The van der Waals surface area contributed by atoms with E-state index in [1.165, 1.54) is 6.33 Å². The van der Waals surface area contributed by atoms with E-state index in [1.807, 2.05) is 43.3 Å². The first-order valence-corrected chi connectivity index (χ1v) is 7.17. The fraction of sp³-hybridized carbons (Fsp3) is 0.125. The molecule has 22 heavy (non-hydrogen) atoms. The quantitative estimate of drug-likeness (QED) is 0.725. The lowest BCUT2D eigenvalue weighted by Gasteiger charge is -2.10.